The molecule has 6 nitrogen and oxygen atoms in total. The standard InChI is InChI=1S/C30H32N4O2/c35-29(20-9-2-1-3-10-20)33-26-15-7-5-13-23(26)30(36)34-18-16-24-27(21-11-8-17-31-19-21)32-25-14-6-4-12-22(25)28(24)34/h1-4,6,8-12,14,17,19,23-24,26-28,32H,5,7,13,15-16,18H2,(H,33,35)/t23-,24+,26+,27-,28-/m0/s1. The van der Waals surface area contributed by atoms with Gasteiger partial charge in [0.2, 0.25) is 5.91 Å². The van der Waals surface area contributed by atoms with Crippen molar-refractivity contribution in [2.45, 2.75) is 50.2 Å². The van der Waals surface area contributed by atoms with Crippen molar-refractivity contribution in [2.24, 2.45) is 11.8 Å². The van der Waals surface area contributed by atoms with Crippen LogP contribution in [-0.4, -0.2) is 34.3 Å². The zero-order chi connectivity index (χ0) is 24.5. The van der Waals surface area contributed by atoms with Gasteiger partial charge in [-0.1, -0.05) is 55.3 Å². The summed E-state index contributed by atoms with van der Waals surface area (Å²) in [5.41, 5.74) is 4.07. The first-order valence-electron chi connectivity index (χ1n) is 13.1. The highest BCUT2D eigenvalue weighted by atomic mass is 16.2. The Hall–Kier alpha value is -3.67. The molecule has 6 rings (SSSR count). The highest BCUT2D eigenvalue weighted by Crippen LogP contribution is 2.51. The summed E-state index contributed by atoms with van der Waals surface area (Å²) in [5.74, 6) is 0.170. The first kappa shape index (κ1) is 22.8. The van der Waals surface area contributed by atoms with Crippen molar-refractivity contribution in [3.63, 3.8) is 0 Å². The number of carbonyl (C=O) groups excluding carboxylic acids is 2. The van der Waals surface area contributed by atoms with Crippen LogP contribution in [0.2, 0.25) is 0 Å². The van der Waals surface area contributed by atoms with E-state index in [1.54, 1.807) is 6.20 Å². The van der Waals surface area contributed by atoms with Gasteiger partial charge in [0.1, 0.15) is 0 Å². The molecule has 2 N–H and O–H groups in total. The van der Waals surface area contributed by atoms with Crippen molar-refractivity contribution in [2.75, 3.05) is 11.9 Å². The Morgan fingerprint density at radius 2 is 1.72 bits per heavy atom. The van der Waals surface area contributed by atoms with E-state index in [1.165, 1.54) is 5.56 Å². The van der Waals surface area contributed by atoms with Gasteiger partial charge in [-0.25, -0.2) is 0 Å². The smallest absolute Gasteiger partial charge is 0.251 e. The van der Waals surface area contributed by atoms with E-state index >= 15 is 0 Å². The summed E-state index contributed by atoms with van der Waals surface area (Å²) < 4.78 is 0. The molecule has 0 spiro atoms. The molecule has 3 heterocycles. The van der Waals surface area contributed by atoms with Gasteiger partial charge in [-0.15, -0.1) is 0 Å². The number of carbonyl (C=O) groups is 2. The van der Waals surface area contributed by atoms with Crippen LogP contribution < -0.4 is 10.6 Å². The fourth-order valence-corrected chi connectivity index (χ4v) is 6.52. The number of para-hydroxylation sites is 1. The zero-order valence-electron chi connectivity index (χ0n) is 20.3. The van der Waals surface area contributed by atoms with Crippen LogP contribution in [0.3, 0.4) is 0 Å². The van der Waals surface area contributed by atoms with E-state index < -0.39 is 0 Å². The summed E-state index contributed by atoms with van der Waals surface area (Å²) in [5, 5.41) is 6.95. The molecule has 3 aromatic rings. The molecule has 2 amide bonds. The third-order valence-corrected chi connectivity index (χ3v) is 8.23. The fourth-order valence-electron chi connectivity index (χ4n) is 6.52. The Balaban J connectivity index is 1.28. The molecular weight excluding hydrogens is 448 g/mol. The van der Waals surface area contributed by atoms with E-state index in [1.807, 2.05) is 48.7 Å². The number of amides is 2. The normalized spacial score (nSPS) is 26.9. The number of rotatable bonds is 4. The zero-order valence-corrected chi connectivity index (χ0v) is 20.3. The van der Waals surface area contributed by atoms with Crippen LogP contribution >= 0.6 is 0 Å². The molecule has 184 valence electrons. The Kier molecular flexibility index (Phi) is 6.18. The van der Waals surface area contributed by atoms with Crippen molar-refractivity contribution in [1.82, 2.24) is 15.2 Å². The van der Waals surface area contributed by atoms with Crippen LogP contribution in [0.1, 0.15) is 65.7 Å². The minimum absolute atomic E-state index is 0.0209. The lowest BCUT2D eigenvalue weighted by molar-refractivity contribution is -0.138. The topological polar surface area (TPSA) is 74.3 Å². The number of aromatic nitrogens is 1. The molecular formula is C30H32N4O2. The first-order valence-corrected chi connectivity index (χ1v) is 13.1. The number of pyridine rings is 1. The van der Waals surface area contributed by atoms with Crippen LogP contribution in [-0.2, 0) is 4.79 Å². The maximum atomic E-state index is 14.2. The lowest BCUT2D eigenvalue weighted by Gasteiger charge is -2.42. The van der Waals surface area contributed by atoms with Gasteiger partial charge in [0.05, 0.1) is 18.0 Å². The lowest BCUT2D eigenvalue weighted by Crippen LogP contribution is -2.50. The fraction of sp³-hybridized carbons (Fsp3) is 0.367. The quantitative estimate of drug-likeness (QED) is 0.543. The monoisotopic (exact) mass is 480 g/mol. The number of hydrogen-bond donors (Lipinski definition) is 2. The average Bonchev–Trinajstić information content (AvgIpc) is 3.39. The summed E-state index contributed by atoms with van der Waals surface area (Å²) in [6, 6.07) is 21.8. The van der Waals surface area contributed by atoms with Crippen molar-refractivity contribution >= 4 is 17.5 Å². The predicted molar refractivity (Wildman–Crippen MR) is 139 cm³/mol. The largest absolute Gasteiger partial charge is 0.378 e. The van der Waals surface area contributed by atoms with Gasteiger partial charge in [-0.2, -0.15) is 0 Å². The third-order valence-electron chi connectivity index (χ3n) is 8.23. The summed E-state index contributed by atoms with van der Waals surface area (Å²) >= 11 is 0. The summed E-state index contributed by atoms with van der Waals surface area (Å²) in [6.07, 6.45) is 8.38. The third kappa shape index (κ3) is 4.15. The molecule has 2 fully saturated rings. The van der Waals surface area contributed by atoms with E-state index in [2.05, 4.69) is 44.8 Å². The molecule has 5 atom stereocenters. The summed E-state index contributed by atoms with van der Waals surface area (Å²) in [7, 11) is 0. The van der Waals surface area contributed by atoms with Crippen LogP contribution in [0.5, 0.6) is 0 Å². The maximum Gasteiger partial charge on any atom is 0.251 e. The Morgan fingerprint density at radius 1 is 0.917 bits per heavy atom. The second-order valence-corrected chi connectivity index (χ2v) is 10.3. The highest BCUT2D eigenvalue weighted by molar-refractivity contribution is 5.94. The lowest BCUT2D eigenvalue weighted by atomic mass is 9.79. The van der Waals surface area contributed by atoms with E-state index in [4.69, 9.17) is 0 Å². The van der Waals surface area contributed by atoms with Crippen molar-refractivity contribution in [1.29, 1.82) is 0 Å². The second kappa shape index (κ2) is 9.76. The first-order chi connectivity index (χ1) is 17.7. The van der Waals surface area contributed by atoms with Crippen LogP contribution in [0.25, 0.3) is 0 Å². The molecule has 36 heavy (non-hydrogen) atoms. The van der Waals surface area contributed by atoms with Crippen molar-refractivity contribution in [3.05, 3.63) is 95.8 Å². The minimum atomic E-state index is -0.191. The van der Waals surface area contributed by atoms with Gasteiger partial charge in [0.25, 0.3) is 5.91 Å². The number of hydrogen-bond acceptors (Lipinski definition) is 4. The Labute approximate surface area is 212 Å². The average molecular weight is 481 g/mol. The number of anilines is 1. The van der Waals surface area contributed by atoms with Gasteiger partial charge in [0.15, 0.2) is 0 Å². The molecule has 1 saturated carbocycles. The van der Waals surface area contributed by atoms with E-state index in [9.17, 15) is 9.59 Å². The molecule has 2 aliphatic heterocycles. The highest BCUT2D eigenvalue weighted by Gasteiger charge is 2.48. The molecule has 2 aromatic carbocycles. The molecule has 0 radical (unpaired) electrons. The van der Waals surface area contributed by atoms with Crippen LogP contribution in [0, 0.1) is 11.8 Å². The van der Waals surface area contributed by atoms with Gasteiger partial charge in [-0.05, 0) is 54.7 Å². The summed E-state index contributed by atoms with van der Waals surface area (Å²) in [4.78, 5) is 33.6. The second-order valence-electron chi connectivity index (χ2n) is 10.3. The molecule has 0 unspecified atom stereocenters. The molecule has 6 heteroatoms. The van der Waals surface area contributed by atoms with E-state index in [-0.39, 0.29) is 41.8 Å². The predicted octanol–water partition coefficient (Wildman–Crippen LogP) is 5.13. The maximum absolute atomic E-state index is 14.2. The molecule has 0 bridgehead atoms. The number of benzene rings is 2. The number of nitrogens with zero attached hydrogens (tertiary/aromatic N) is 2. The molecule has 1 aliphatic carbocycles. The number of nitrogens with one attached hydrogen (secondary N) is 2. The number of likely N-dealkylation sites (tertiary alicyclic amines) is 1. The van der Waals surface area contributed by atoms with Gasteiger partial charge >= 0.3 is 0 Å². The van der Waals surface area contributed by atoms with E-state index in [0.29, 0.717) is 5.56 Å². The van der Waals surface area contributed by atoms with Gasteiger partial charge in [0, 0.05) is 42.1 Å². The summed E-state index contributed by atoms with van der Waals surface area (Å²) in [6.45, 7) is 0.733. The van der Waals surface area contributed by atoms with Gasteiger partial charge < -0.3 is 15.5 Å². The minimum Gasteiger partial charge on any atom is -0.378 e. The molecule has 1 aromatic heterocycles. The SMILES string of the molecule is O=C(N[C@@H]1CCCC[C@@H]1C(=O)N1CC[C@@H]2[C@H](c3cccnc3)Nc3ccccc3[C@@H]21)c1ccccc1. The van der Waals surface area contributed by atoms with E-state index in [0.717, 1.165) is 49.9 Å². The van der Waals surface area contributed by atoms with Crippen molar-refractivity contribution < 1.29 is 9.59 Å². The Morgan fingerprint density at radius 3 is 2.56 bits per heavy atom. The van der Waals surface area contributed by atoms with Gasteiger partial charge in [-0.3, -0.25) is 14.6 Å². The Bertz CT molecular complexity index is 1230. The molecule has 3 aliphatic rings. The molecule has 1 saturated heterocycles. The number of fused-ring (bicyclic) bond motifs is 3. The van der Waals surface area contributed by atoms with Crippen LogP contribution in [0.4, 0.5) is 5.69 Å². The van der Waals surface area contributed by atoms with Crippen molar-refractivity contribution in [3.8, 4) is 0 Å². The van der Waals surface area contributed by atoms with Crippen LogP contribution in [0.15, 0.2) is 79.1 Å².